The molecule has 9 heteroatoms. The Morgan fingerprint density at radius 1 is 1.09 bits per heavy atom. The van der Waals surface area contributed by atoms with E-state index in [4.69, 9.17) is 33.7 Å². The van der Waals surface area contributed by atoms with Crippen molar-refractivity contribution in [2.45, 2.75) is 56.6 Å². The maximum atomic E-state index is 13.6. The van der Waals surface area contributed by atoms with Crippen LogP contribution in [0, 0.1) is 0 Å². The molecule has 0 aromatic heterocycles. The number of hydrogen-bond acceptors (Lipinski definition) is 5. The lowest BCUT2D eigenvalue weighted by Crippen LogP contribution is -2.58. The third-order valence-corrected chi connectivity index (χ3v) is 6.26. The van der Waals surface area contributed by atoms with E-state index in [1.807, 2.05) is 6.92 Å². The molecular weight excluding hydrogens is 467 g/mol. The van der Waals surface area contributed by atoms with Gasteiger partial charge in [-0.25, -0.2) is 0 Å². The highest BCUT2D eigenvalue weighted by molar-refractivity contribution is 6.30. The summed E-state index contributed by atoms with van der Waals surface area (Å²) in [5, 5.41) is 20.5. The summed E-state index contributed by atoms with van der Waals surface area (Å²) in [7, 11) is 0. The summed E-state index contributed by atoms with van der Waals surface area (Å²) in [5.74, 6) is -1.09. The van der Waals surface area contributed by atoms with Gasteiger partial charge >= 0.3 is 0 Å². The summed E-state index contributed by atoms with van der Waals surface area (Å²) in [6.45, 7) is 1.38. The van der Waals surface area contributed by atoms with Crippen LogP contribution in [0.5, 0.6) is 0 Å². The Morgan fingerprint density at radius 2 is 1.64 bits per heavy atom. The molecule has 1 aliphatic rings. The standard InChI is InChI=1S/C24H28Cl2N2O5/c1-2-3-19(23(27)31)28-21(14-4-8-16(25)9-5-14)22(15-6-10-17(26)11-7-15)33-20(24(28)32)12-18(30)13-29/h4-11,18-22,29-30H,2-3,12-13H2,1H3,(H2,27,31)/t18-,19+,20-,21+,22-/m0/s1. The Morgan fingerprint density at radius 3 is 2.12 bits per heavy atom. The fraction of sp³-hybridized carbons (Fsp3) is 0.417. The van der Waals surface area contributed by atoms with Crippen molar-refractivity contribution in [2.75, 3.05) is 6.61 Å². The molecule has 1 heterocycles. The normalized spacial score (nSPS) is 22.8. The molecule has 0 radical (unpaired) electrons. The molecule has 0 unspecified atom stereocenters. The molecule has 1 saturated heterocycles. The lowest BCUT2D eigenvalue weighted by molar-refractivity contribution is -0.185. The third kappa shape index (κ3) is 5.86. The number of hydrogen-bond donors (Lipinski definition) is 3. The number of carbonyl (C=O) groups excluding carboxylic acids is 2. The van der Waals surface area contributed by atoms with Gasteiger partial charge in [0.2, 0.25) is 5.91 Å². The van der Waals surface area contributed by atoms with E-state index in [-0.39, 0.29) is 6.42 Å². The Labute approximate surface area is 203 Å². The highest BCUT2D eigenvalue weighted by Gasteiger charge is 2.48. The van der Waals surface area contributed by atoms with Gasteiger partial charge < -0.3 is 25.6 Å². The van der Waals surface area contributed by atoms with E-state index in [1.54, 1.807) is 48.5 Å². The van der Waals surface area contributed by atoms with Crippen LogP contribution in [-0.2, 0) is 14.3 Å². The zero-order chi connectivity index (χ0) is 24.1. The third-order valence-electron chi connectivity index (χ3n) is 5.76. The van der Waals surface area contributed by atoms with Crippen molar-refractivity contribution < 1.29 is 24.5 Å². The van der Waals surface area contributed by atoms with Gasteiger partial charge in [-0.15, -0.1) is 0 Å². The first-order chi connectivity index (χ1) is 15.8. The van der Waals surface area contributed by atoms with Gasteiger partial charge in [0.05, 0.1) is 18.8 Å². The van der Waals surface area contributed by atoms with Gasteiger partial charge in [0.25, 0.3) is 5.91 Å². The number of aliphatic hydroxyl groups is 2. The molecule has 0 aliphatic carbocycles. The molecule has 2 aromatic carbocycles. The van der Waals surface area contributed by atoms with Crippen LogP contribution in [0.3, 0.4) is 0 Å². The van der Waals surface area contributed by atoms with Crippen LogP contribution in [0.4, 0.5) is 0 Å². The van der Waals surface area contributed by atoms with Crippen LogP contribution in [0.15, 0.2) is 48.5 Å². The van der Waals surface area contributed by atoms with Crippen LogP contribution in [0.25, 0.3) is 0 Å². The van der Waals surface area contributed by atoms with Gasteiger partial charge in [0.1, 0.15) is 18.2 Å². The SMILES string of the molecule is CCC[C@H](C(N)=O)N1C(=O)[C@H](C[C@H](O)CO)O[C@@H](c2ccc(Cl)cc2)[C@H]1c1ccc(Cl)cc1. The Kier molecular flexibility index (Phi) is 8.73. The van der Waals surface area contributed by atoms with Crippen LogP contribution >= 0.6 is 23.2 Å². The topological polar surface area (TPSA) is 113 Å². The monoisotopic (exact) mass is 494 g/mol. The molecule has 0 saturated carbocycles. The lowest BCUT2D eigenvalue weighted by Gasteiger charge is -2.47. The average Bonchev–Trinajstić information content (AvgIpc) is 2.80. The van der Waals surface area contributed by atoms with Gasteiger partial charge in [-0.2, -0.15) is 0 Å². The highest BCUT2D eigenvalue weighted by atomic mass is 35.5. The van der Waals surface area contributed by atoms with Crippen molar-refractivity contribution >= 4 is 35.0 Å². The van der Waals surface area contributed by atoms with Gasteiger partial charge in [0, 0.05) is 16.5 Å². The van der Waals surface area contributed by atoms with E-state index in [2.05, 4.69) is 0 Å². The fourth-order valence-electron chi connectivity index (χ4n) is 4.18. The van der Waals surface area contributed by atoms with E-state index in [0.29, 0.717) is 22.9 Å². The van der Waals surface area contributed by atoms with Crippen LogP contribution < -0.4 is 5.73 Å². The Hall–Kier alpha value is -2.16. The summed E-state index contributed by atoms with van der Waals surface area (Å²) in [6, 6.07) is 12.4. The summed E-state index contributed by atoms with van der Waals surface area (Å²) >= 11 is 12.2. The van der Waals surface area contributed by atoms with Gasteiger partial charge in [-0.1, -0.05) is 60.8 Å². The molecule has 7 nitrogen and oxygen atoms in total. The lowest BCUT2D eigenvalue weighted by atomic mass is 9.88. The molecule has 33 heavy (non-hydrogen) atoms. The smallest absolute Gasteiger partial charge is 0.253 e. The van der Waals surface area contributed by atoms with Crippen LogP contribution in [0.1, 0.15) is 49.5 Å². The minimum atomic E-state index is -1.16. The number of nitrogens with two attached hydrogens (primary N) is 1. The predicted molar refractivity (Wildman–Crippen MR) is 126 cm³/mol. The molecular formula is C24H28Cl2N2O5. The van der Waals surface area contributed by atoms with E-state index < -0.39 is 48.8 Å². The Bertz CT molecular complexity index is 954. The van der Waals surface area contributed by atoms with E-state index in [0.717, 1.165) is 11.1 Å². The van der Waals surface area contributed by atoms with Crippen LogP contribution in [0.2, 0.25) is 10.0 Å². The molecule has 1 fully saturated rings. The van der Waals surface area contributed by atoms with Gasteiger partial charge in [-0.05, 0) is 41.8 Å². The summed E-state index contributed by atoms with van der Waals surface area (Å²) in [6.07, 6.45) is -2.04. The molecule has 0 bridgehead atoms. The fourth-order valence-corrected chi connectivity index (χ4v) is 4.44. The van der Waals surface area contributed by atoms with Crippen molar-refractivity contribution in [1.29, 1.82) is 0 Å². The highest BCUT2D eigenvalue weighted by Crippen LogP contribution is 2.44. The number of aliphatic hydroxyl groups excluding tert-OH is 2. The minimum absolute atomic E-state index is 0.124. The zero-order valence-electron chi connectivity index (χ0n) is 18.2. The molecule has 178 valence electrons. The second kappa shape index (κ2) is 11.3. The molecule has 2 aromatic rings. The number of halogens is 2. The number of carbonyl (C=O) groups is 2. The van der Waals surface area contributed by atoms with Crippen molar-refractivity contribution in [3.05, 3.63) is 69.7 Å². The van der Waals surface area contributed by atoms with E-state index >= 15 is 0 Å². The first-order valence-electron chi connectivity index (χ1n) is 10.8. The number of ether oxygens (including phenoxy) is 1. The first-order valence-corrected chi connectivity index (χ1v) is 11.6. The number of rotatable bonds is 9. The maximum absolute atomic E-state index is 13.6. The van der Waals surface area contributed by atoms with E-state index in [9.17, 15) is 19.8 Å². The van der Waals surface area contributed by atoms with Crippen LogP contribution in [-0.4, -0.2) is 51.8 Å². The van der Waals surface area contributed by atoms with Crippen molar-refractivity contribution in [3.8, 4) is 0 Å². The minimum Gasteiger partial charge on any atom is -0.394 e. The first kappa shape index (κ1) is 25.5. The average molecular weight is 495 g/mol. The number of nitrogens with zero attached hydrogens (tertiary/aromatic N) is 1. The molecule has 1 aliphatic heterocycles. The molecule has 2 amide bonds. The number of morpholine rings is 1. The molecule has 4 N–H and O–H groups in total. The van der Waals surface area contributed by atoms with E-state index in [1.165, 1.54) is 4.90 Å². The Balaban J connectivity index is 2.17. The number of amides is 2. The van der Waals surface area contributed by atoms with Crippen molar-refractivity contribution in [3.63, 3.8) is 0 Å². The summed E-state index contributed by atoms with van der Waals surface area (Å²) in [5.41, 5.74) is 7.21. The summed E-state index contributed by atoms with van der Waals surface area (Å²) in [4.78, 5) is 27.6. The maximum Gasteiger partial charge on any atom is 0.253 e. The van der Waals surface area contributed by atoms with Gasteiger partial charge in [0.15, 0.2) is 0 Å². The molecule has 5 atom stereocenters. The number of primary amides is 1. The van der Waals surface area contributed by atoms with Crippen molar-refractivity contribution in [2.24, 2.45) is 5.73 Å². The molecule has 3 rings (SSSR count). The number of benzene rings is 2. The zero-order valence-corrected chi connectivity index (χ0v) is 19.7. The summed E-state index contributed by atoms with van der Waals surface area (Å²) < 4.78 is 6.24. The van der Waals surface area contributed by atoms with Gasteiger partial charge in [-0.3, -0.25) is 9.59 Å². The predicted octanol–water partition coefficient (Wildman–Crippen LogP) is 3.40. The second-order valence-corrected chi connectivity index (χ2v) is 8.99. The quantitative estimate of drug-likeness (QED) is 0.494. The second-order valence-electron chi connectivity index (χ2n) is 8.12. The largest absolute Gasteiger partial charge is 0.394 e. The molecule has 0 spiro atoms. The van der Waals surface area contributed by atoms with Crippen molar-refractivity contribution in [1.82, 2.24) is 4.90 Å².